The van der Waals surface area contributed by atoms with E-state index in [4.69, 9.17) is 4.74 Å². The van der Waals surface area contributed by atoms with Crippen LogP contribution in [0.5, 0.6) is 5.75 Å². The number of benzene rings is 3. The number of aryl methyl sites for hydroxylation is 2. The smallest absolute Gasteiger partial charge is 0.262 e. The van der Waals surface area contributed by atoms with Gasteiger partial charge in [0.05, 0.1) is 4.47 Å². The van der Waals surface area contributed by atoms with Gasteiger partial charge in [0.2, 0.25) is 0 Å². The number of anilines is 1. The summed E-state index contributed by atoms with van der Waals surface area (Å²) in [6, 6.07) is 15.7. The summed E-state index contributed by atoms with van der Waals surface area (Å²) >= 11 is 7.04. The highest BCUT2D eigenvalue weighted by Crippen LogP contribution is 2.34. The van der Waals surface area contributed by atoms with Gasteiger partial charge < -0.3 is 10.1 Å². The molecule has 0 atom stereocenters. The first-order chi connectivity index (χ1) is 11.9. The van der Waals surface area contributed by atoms with Crippen molar-refractivity contribution in [2.75, 3.05) is 11.9 Å². The molecule has 25 heavy (non-hydrogen) atoms. The lowest BCUT2D eigenvalue weighted by atomic mass is 10.1. The number of hydrogen-bond donors (Lipinski definition) is 1. The van der Waals surface area contributed by atoms with E-state index in [1.54, 1.807) is 0 Å². The Bertz CT molecular complexity index is 954. The molecule has 0 aliphatic rings. The first kappa shape index (κ1) is 18.0. The summed E-state index contributed by atoms with van der Waals surface area (Å²) < 4.78 is 7.56. The van der Waals surface area contributed by atoms with E-state index < -0.39 is 0 Å². The van der Waals surface area contributed by atoms with Gasteiger partial charge in [-0.15, -0.1) is 0 Å². The third-order valence-corrected chi connectivity index (χ3v) is 5.34. The molecule has 0 aromatic heterocycles. The predicted molar refractivity (Wildman–Crippen MR) is 109 cm³/mol. The molecule has 3 nitrogen and oxygen atoms in total. The zero-order valence-corrected chi connectivity index (χ0v) is 17.1. The molecule has 1 amide bonds. The molecule has 0 fully saturated rings. The average Bonchev–Trinajstić information content (AvgIpc) is 2.57. The average molecular weight is 463 g/mol. The molecule has 3 rings (SSSR count). The summed E-state index contributed by atoms with van der Waals surface area (Å²) in [6.07, 6.45) is 0. The molecule has 3 aromatic carbocycles. The van der Waals surface area contributed by atoms with Crippen molar-refractivity contribution in [3.05, 3.63) is 68.6 Å². The predicted octanol–water partition coefficient (Wildman–Crippen LogP) is 6.00. The Hall–Kier alpha value is -1.85. The SMILES string of the molecule is Cc1ccc(NC(=O)COc2ccc3cc(Br)ccc3c2Br)cc1C. The largest absolute Gasteiger partial charge is 0.483 e. The van der Waals surface area contributed by atoms with Crippen molar-refractivity contribution in [1.29, 1.82) is 0 Å². The molecular formula is C20H17Br2NO2. The van der Waals surface area contributed by atoms with Crippen LogP contribution in [-0.4, -0.2) is 12.5 Å². The van der Waals surface area contributed by atoms with Gasteiger partial charge in [-0.25, -0.2) is 0 Å². The summed E-state index contributed by atoms with van der Waals surface area (Å²) in [7, 11) is 0. The molecular weight excluding hydrogens is 446 g/mol. The van der Waals surface area contributed by atoms with Gasteiger partial charge in [0.15, 0.2) is 6.61 Å². The monoisotopic (exact) mass is 461 g/mol. The minimum absolute atomic E-state index is 0.0481. The number of amides is 1. The molecule has 0 saturated heterocycles. The topological polar surface area (TPSA) is 38.3 Å². The first-order valence-electron chi connectivity index (χ1n) is 7.82. The second-order valence-electron chi connectivity index (χ2n) is 5.88. The van der Waals surface area contributed by atoms with Crippen molar-refractivity contribution < 1.29 is 9.53 Å². The third-order valence-electron chi connectivity index (χ3n) is 4.03. The van der Waals surface area contributed by atoms with E-state index in [-0.39, 0.29) is 12.5 Å². The van der Waals surface area contributed by atoms with Crippen LogP contribution in [0.3, 0.4) is 0 Å². The van der Waals surface area contributed by atoms with Crippen molar-refractivity contribution in [1.82, 2.24) is 0 Å². The molecule has 0 radical (unpaired) electrons. The lowest BCUT2D eigenvalue weighted by molar-refractivity contribution is -0.118. The fourth-order valence-electron chi connectivity index (χ4n) is 2.51. The second kappa shape index (κ2) is 7.58. The Morgan fingerprint density at radius 2 is 1.80 bits per heavy atom. The Morgan fingerprint density at radius 3 is 2.56 bits per heavy atom. The highest BCUT2D eigenvalue weighted by Gasteiger charge is 2.10. The molecule has 0 spiro atoms. The van der Waals surface area contributed by atoms with E-state index in [2.05, 4.69) is 37.2 Å². The van der Waals surface area contributed by atoms with Gasteiger partial charge in [-0.1, -0.05) is 34.1 Å². The fourth-order valence-corrected chi connectivity index (χ4v) is 3.50. The minimum Gasteiger partial charge on any atom is -0.483 e. The number of hydrogen-bond acceptors (Lipinski definition) is 2. The van der Waals surface area contributed by atoms with E-state index >= 15 is 0 Å². The van der Waals surface area contributed by atoms with Gasteiger partial charge in [-0.2, -0.15) is 0 Å². The number of halogens is 2. The maximum atomic E-state index is 12.1. The van der Waals surface area contributed by atoms with Crippen LogP contribution in [-0.2, 0) is 4.79 Å². The standard InChI is InChI=1S/C20H17Br2NO2/c1-12-3-6-16(9-13(12)2)23-19(24)11-25-18-8-4-14-10-15(21)5-7-17(14)20(18)22/h3-10H,11H2,1-2H3,(H,23,24). The van der Waals surface area contributed by atoms with Crippen molar-refractivity contribution in [3.8, 4) is 5.75 Å². The van der Waals surface area contributed by atoms with Crippen LogP contribution < -0.4 is 10.1 Å². The minimum atomic E-state index is -0.189. The maximum absolute atomic E-state index is 12.1. The van der Waals surface area contributed by atoms with Crippen LogP contribution in [0.15, 0.2) is 57.5 Å². The molecule has 0 aliphatic carbocycles. The molecule has 0 heterocycles. The van der Waals surface area contributed by atoms with Gasteiger partial charge >= 0.3 is 0 Å². The zero-order chi connectivity index (χ0) is 18.0. The Morgan fingerprint density at radius 1 is 1.00 bits per heavy atom. The van der Waals surface area contributed by atoms with E-state index in [1.807, 2.05) is 62.4 Å². The molecule has 0 aliphatic heterocycles. The van der Waals surface area contributed by atoms with Crippen molar-refractivity contribution in [2.24, 2.45) is 0 Å². The Balaban J connectivity index is 1.69. The third kappa shape index (κ3) is 4.22. The highest BCUT2D eigenvalue weighted by atomic mass is 79.9. The molecule has 5 heteroatoms. The summed E-state index contributed by atoms with van der Waals surface area (Å²) in [4.78, 5) is 12.1. The quantitative estimate of drug-likeness (QED) is 0.516. The van der Waals surface area contributed by atoms with Gasteiger partial charge in [-0.05, 0) is 82.0 Å². The maximum Gasteiger partial charge on any atom is 0.262 e. The van der Waals surface area contributed by atoms with Crippen LogP contribution >= 0.6 is 31.9 Å². The first-order valence-corrected chi connectivity index (χ1v) is 9.40. The van der Waals surface area contributed by atoms with Gasteiger partial charge in [0.25, 0.3) is 5.91 Å². The van der Waals surface area contributed by atoms with Crippen molar-refractivity contribution >= 4 is 54.2 Å². The number of fused-ring (bicyclic) bond motifs is 1. The van der Waals surface area contributed by atoms with E-state index in [0.29, 0.717) is 5.75 Å². The van der Waals surface area contributed by atoms with Crippen LogP contribution in [0.2, 0.25) is 0 Å². The molecule has 1 N–H and O–H groups in total. The van der Waals surface area contributed by atoms with Gasteiger partial charge in [-0.3, -0.25) is 4.79 Å². The zero-order valence-electron chi connectivity index (χ0n) is 13.9. The number of carbonyl (C=O) groups excluding carboxylic acids is 1. The number of ether oxygens (including phenoxy) is 1. The van der Waals surface area contributed by atoms with Gasteiger partial charge in [0, 0.05) is 10.2 Å². The summed E-state index contributed by atoms with van der Waals surface area (Å²) in [6.45, 7) is 4.01. The fraction of sp³-hybridized carbons (Fsp3) is 0.150. The van der Waals surface area contributed by atoms with E-state index in [0.717, 1.165) is 31.0 Å². The number of carbonyl (C=O) groups is 1. The highest BCUT2D eigenvalue weighted by molar-refractivity contribution is 9.11. The second-order valence-corrected chi connectivity index (χ2v) is 7.59. The van der Waals surface area contributed by atoms with Crippen LogP contribution in [0.25, 0.3) is 10.8 Å². The van der Waals surface area contributed by atoms with Crippen LogP contribution in [0.4, 0.5) is 5.69 Å². The molecule has 3 aromatic rings. The summed E-state index contributed by atoms with van der Waals surface area (Å²) in [5.74, 6) is 0.455. The lowest BCUT2D eigenvalue weighted by Crippen LogP contribution is -2.20. The Labute approximate surface area is 163 Å². The lowest BCUT2D eigenvalue weighted by Gasteiger charge is -2.11. The molecule has 128 valence electrons. The summed E-state index contributed by atoms with van der Waals surface area (Å²) in [5.41, 5.74) is 3.11. The number of nitrogens with one attached hydrogen (secondary N) is 1. The van der Waals surface area contributed by atoms with E-state index in [9.17, 15) is 4.79 Å². The van der Waals surface area contributed by atoms with Gasteiger partial charge in [0.1, 0.15) is 5.75 Å². The van der Waals surface area contributed by atoms with Crippen LogP contribution in [0, 0.1) is 13.8 Å². The number of rotatable bonds is 4. The summed E-state index contributed by atoms with van der Waals surface area (Å²) in [5, 5.41) is 4.99. The molecule has 0 saturated carbocycles. The van der Waals surface area contributed by atoms with E-state index in [1.165, 1.54) is 5.56 Å². The molecule has 0 bridgehead atoms. The Kier molecular flexibility index (Phi) is 5.45. The van der Waals surface area contributed by atoms with Crippen molar-refractivity contribution in [2.45, 2.75) is 13.8 Å². The normalized spacial score (nSPS) is 10.7. The van der Waals surface area contributed by atoms with Crippen molar-refractivity contribution in [3.63, 3.8) is 0 Å². The van der Waals surface area contributed by atoms with Crippen LogP contribution in [0.1, 0.15) is 11.1 Å². The molecule has 0 unspecified atom stereocenters.